The Morgan fingerprint density at radius 1 is 0.320 bits per heavy atom. The molecule has 0 aromatic rings. The number of hydrogen-bond acceptors (Lipinski definition) is 15. The van der Waals surface area contributed by atoms with E-state index < -0.39 is 97.5 Å². The summed E-state index contributed by atoms with van der Waals surface area (Å²) in [6.45, 7) is 7.17. The SMILES string of the molecule is CCCCCC/C=C\C=C/CCCCCCCC(=O)O[C@H](COC(=O)CCCCCCC)COP(=O)(O)OC[C@H](O)COP(=O)(O)OC[C@@H](COC(=O)CCCCCCCCCCCCCCCCC(C)C)OC(=O)CCCCCCCCCCCCCCCCCCCCCC. The molecule has 19 heteroatoms. The molecule has 97 heavy (non-hydrogen) atoms. The molecular weight excluding hydrogens is 1270 g/mol. The average Bonchev–Trinajstić information content (AvgIpc) is 1.61. The highest BCUT2D eigenvalue weighted by atomic mass is 31.2. The first-order valence-corrected chi connectivity index (χ1v) is 42.9. The van der Waals surface area contributed by atoms with Crippen LogP contribution in [0.25, 0.3) is 0 Å². The van der Waals surface area contributed by atoms with Gasteiger partial charge in [-0.2, -0.15) is 0 Å². The normalized spacial score (nSPS) is 14.1. The molecule has 0 aromatic carbocycles. The summed E-state index contributed by atoms with van der Waals surface area (Å²) in [5, 5.41) is 10.6. The van der Waals surface area contributed by atoms with Crippen LogP contribution in [0.5, 0.6) is 0 Å². The first kappa shape index (κ1) is 94.5. The second kappa shape index (κ2) is 70.6. The molecule has 0 saturated carbocycles. The van der Waals surface area contributed by atoms with E-state index in [0.717, 1.165) is 115 Å². The van der Waals surface area contributed by atoms with Gasteiger partial charge in [0.25, 0.3) is 0 Å². The zero-order chi connectivity index (χ0) is 71.2. The van der Waals surface area contributed by atoms with Crippen LogP contribution in [0.4, 0.5) is 0 Å². The lowest BCUT2D eigenvalue weighted by molar-refractivity contribution is -0.161. The maximum atomic E-state index is 13.1. The van der Waals surface area contributed by atoms with Gasteiger partial charge in [0.2, 0.25) is 0 Å². The Morgan fingerprint density at radius 2 is 0.557 bits per heavy atom. The quantitative estimate of drug-likeness (QED) is 0.0169. The average molecular weight is 1420 g/mol. The van der Waals surface area contributed by atoms with Gasteiger partial charge in [0, 0.05) is 25.7 Å². The molecule has 0 aliphatic heterocycles. The molecule has 0 heterocycles. The molecule has 0 rings (SSSR count). The Morgan fingerprint density at radius 3 is 0.845 bits per heavy atom. The third-order valence-electron chi connectivity index (χ3n) is 17.7. The molecule has 3 N–H and O–H groups in total. The summed E-state index contributed by atoms with van der Waals surface area (Å²) >= 11 is 0. The smallest absolute Gasteiger partial charge is 0.462 e. The lowest BCUT2D eigenvalue weighted by Gasteiger charge is -2.21. The summed E-state index contributed by atoms with van der Waals surface area (Å²) in [4.78, 5) is 72.6. The van der Waals surface area contributed by atoms with Crippen LogP contribution in [0, 0.1) is 5.92 Å². The summed E-state index contributed by atoms with van der Waals surface area (Å²) in [6.07, 6.45) is 63.7. The van der Waals surface area contributed by atoms with Crippen LogP contribution in [0.2, 0.25) is 0 Å². The van der Waals surface area contributed by atoms with Crippen molar-refractivity contribution in [1.82, 2.24) is 0 Å². The summed E-state index contributed by atoms with van der Waals surface area (Å²) in [6, 6.07) is 0. The number of aliphatic hydroxyl groups excluding tert-OH is 1. The molecule has 2 unspecified atom stereocenters. The van der Waals surface area contributed by atoms with Gasteiger partial charge in [0.1, 0.15) is 19.3 Å². The van der Waals surface area contributed by atoms with Crippen molar-refractivity contribution in [3.63, 3.8) is 0 Å². The first-order chi connectivity index (χ1) is 47.0. The van der Waals surface area contributed by atoms with Crippen molar-refractivity contribution < 1.29 is 80.2 Å². The number of aliphatic hydroxyl groups is 1. The lowest BCUT2D eigenvalue weighted by atomic mass is 10.0. The highest BCUT2D eigenvalue weighted by molar-refractivity contribution is 7.47. The van der Waals surface area contributed by atoms with E-state index in [0.29, 0.717) is 25.7 Å². The minimum absolute atomic E-state index is 0.0844. The zero-order valence-electron chi connectivity index (χ0n) is 62.7. The van der Waals surface area contributed by atoms with Gasteiger partial charge in [0.05, 0.1) is 26.4 Å². The molecule has 0 fully saturated rings. The van der Waals surface area contributed by atoms with Crippen molar-refractivity contribution >= 4 is 39.5 Å². The maximum Gasteiger partial charge on any atom is 0.472 e. The summed E-state index contributed by atoms with van der Waals surface area (Å²) < 4.78 is 68.3. The van der Waals surface area contributed by atoms with Gasteiger partial charge in [-0.15, -0.1) is 0 Å². The minimum atomic E-state index is -4.96. The van der Waals surface area contributed by atoms with Crippen LogP contribution in [0.15, 0.2) is 24.3 Å². The number of esters is 4. The van der Waals surface area contributed by atoms with Gasteiger partial charge in [-0.1, -0.05) is 335 Å². The highest BCUT2D eigenvalue weighted by Crippen LogP contribution is 2.45. The van der Waals surface area contributed by atoms with E-state index in [-0.39, 0.29) is 25.7 Å². The standard InChI is InChI=1S/C78H148O17P2/c1-6-9-12-15-17-19-21-23-25-26-27-28-29-31-37-41-45-49-54-59-64-78(83)95-74(68-89-76(81)62-57-52-47-43-39-35-33-32-34-38-42-46-51-55-60-71(4)5)70-93-97(86,87)91-66-72(79)65-90-96(84,85)92-69-73(67-88-75(80)61-56-50-14-11-8-3)94-77(82)63-58-53-48-44-40-36-30-24-22-20-18-16-13-10-7-2/h20,22,24,30,71-74,79H,6-19,21,23,25-29,31-70H2,1-5H3,(H,84,85)(H,86,87)/b22-20-,30-24-/t72-,73+,74+/m0/s1. The summed E-state index contributed by atoms with van der Waals surface area (Å²) in [7, 11) is -9.92. The van der Waals surface area contributed by atoms with Crippen molar-refractivity contribution in [2.24, 2.45) is 5.92 Å². The zero-order valence-corrected chi connectivity index (χ0v) is 64.5. The fourth-order valence-corrected chi connectivity index (χ4v) is 13.1. The molecule has 0 aromatic heterocycles. The van der Waals surface area contributed by atoms with Crippen LogP contribution in [0.1, 0.15) is 388 Å². The third-order valence-corrected chi connectivity index (χ3v) is 19.6. The van der Waals surface area contributed by atoms with Crippen molar-refractivity contribution in [2.45, 2.75) is 406 Å². The Hall–Kier alpha value is -2.46. The predicted octanol–water partition coefficient (Wildman–Crippen LogP) is 22.8. The van der Waals surface area contributed by atoms with Gasteiger partial charge >= 0.3 is 39.5 Å². The van der Waals surface area contributed by atoms with E-state index in [2.05, 4.69) is 58.9 Å². The number of allylic oxidation sites excluding steroid dienone is 4. The largest absolute Gasteiger partial charge is 0.472 e. The lowest BCUT2D eigenvalue weighted by Crippen LogP contribution is -2.30. The molecule has 0 radical (unpaired) electrons. The Kier molecular flexibility index (Phi) is 68.8. The first-order valence-electron chi connectivity index (χ1n) is 40.0. The summed E-state index contributed by atoms with van der Waals surface area (Å²) in [5.41, 5.74) is 0. The number of phosphoric acid groups is 2. The van der Waals surface area contributed by atoms with Crippen LogP contribution in [0.3, 0.4) is 0 Å². The number of carbonyl (C=O) groups is 4. The number of ether oxygens (including phenoxy) is 4. The molecule has 0 bridgehead atoms. The van der Waals surface area contributed by atoms with E-state index in [1.54, 1.807) is 0 Å². The molecular formula is C78H148O17P2. The second-order valence-electron chi connectivity index (χ2n) is 27.9. The number of carbonyl (C=O) groups excluding carboxylic acids is 4. The Labute approximate surface area is 592 Å². The van der Waals surface area contributed by atoms with Gasteiger partial charge in [0.15, 0.2) is 12.2 Å². The van der Waals surface area contributed by atoms with Gasteiger partial charge in [-0.05, 0) is 57.3 Å². The number of rotatable bonds is 76. The fraction of sp³-hybridized carbons (Fsp3) is 0.897. The highest BCUT2D eigenvalue weighted by Gasteiger charge is 2.30. The third kappa shape index (κ3) is 71.7. The number of unbranched alkanes of at least 4 members (excludes halogenated alkanes) is 45. The molecule has 0 amide bonds. The number of hydrogen-bond donors (Lipinski definition) is 3. The Bertz CT molecular complexity index is 1950. The number of phosphoric ester groups is 2. The van der Waals surface area contributed by atoms with Gasteiger partial charge < -0.3 is 33.8 Å². The molecule has 0 aliphatic rings. The Balaban J connectivity index is 5.16. The second-order valence-corrected chi connectivity index (χ2v) is 30.8. The van der Waals surface area contributed by atoms with E-state index in [1.165, 1.54) is 193 Å². The predicted molar refractivity (Wildman–Crippen MR) is 395 cm³/mol. The monoisotopic (exact) mass is 1420 g/mol. The van der Waals surface area contributed by atoms with Crippen molar-refractivity contribution in [1.29, 1.82) is 0 Å². The topological polar surface area (TPSA) is 237 Å². The summed E-state index contributed by atoms with van der Waals surface area (Å²) in [5.74, 6) is -1.36. The van der Waals surface area contributed by atoms with Crippen molar-refractivity contribution in [2.75, 3.05) is 39.6 Å². The van der Waals surface area contributed by atoms with E-state index in [4.69, 9.17) is 37.0 Å². The molecule has 0 saturated heterocycles. The van der Waals surface area contributed by atoms with Crippen molar-refractivity contribution in [3.8, 4) is 0 Å². The molecule has 5 atom stereocenters. The van der Waals surface area contributed by atoms with Gasteiger partial charge in [-0.3, -0.25) is 37.3 Å². The van der Waals surface area contributed by atoms with Crippen LogP contribution >= 0.6 is 15.6 Å². The molecule has 0 aliphatic carbocycles. The van der Waals surface area contributed by atoms with E-state index >= 15 is 0 Å². The molecule has 572 valence electrons. The van der Waals surface area contributed by atoms with E-state index in [9.17, 15) is 43.2 Å². The fourth-order valence-electron chi connectivity index (χ4n) is 11.5. The van der Waals surface area contributed by atoms with Crippen LogP contribution < -0.4 is 0 Å². The molecule has 17 nitrogen and oxygen atoms in total. The van der Waals surface area contributed by atoms with Crippen LogP contribution in [-0.4, -0.2) is 96.7 Å². The van der Waals surface area contributed by atoms with Crippen molar-refractivity contribution in [3.05, 3.63) is 24.3 Å². The minimum Gasteiger partial charge on any atom is -0.462 e. The maximum absolute atomic E-state index is 13.1. The molecule has 0 spiro atoms. The van der Waals surface area contributed by atoms with Gasteiger partial charge in [-0.25, -0.2) is 9.13 Å². The van der Waals surface area contributed by atoms with Crippen LogP contribution in [-0.2, 0) is 65.4 Å². The van der Waals surface area contributed by atoms with E-state index in [1.807, 2.05) is 0 Å².